The fourth-order valence-corrected chi connectivity index (χ4v) is 6.11. The first kappa shape index (κ1) is 34.9. The van der Waals surface area contributed by atoms with Gasteiger partial charge in [0.15, 0.2) is 0 Å². The van der Waals surface area contributed by atoms with Crippen LogP contribution in [-0.4, -0.2) is 52.6 Å². The minimum atomic E-state index is -5.02. The van der Waals surface area contributed by atoms with Crippen LogP contribution in [0.5, 0.6) is 0 Å². The highest BCUT2D eigenvalue weighted by atomic mass is 19.4. The number of rotatable bonds is 10. The van der Waals surface area contributed by atoms with Crippen molar-refractivity contribution >= 4 is 6.09 Å². The molecule has 3 aromatic carbocycles. The Hall–Kier alpha value is -4.43. The summed E-state index contributed by atoms with van der Waals surface area (Å²) < 4.78 is 101. The molecule has 256 valence electrons. The number of hydrogen-bond donors (Lipinski definition) is 0. The molecule has 8 nitrogen and oxygen atoms in total. The number of nitrogens with zero attached hydrogens (tertiary/aromatic N) is 4. The first-order valence-corrected chi connectivity index (χ1v) is 15.1. The molecule has 48 heavy (non-hydrogen) atoms. The number of amides is 1. The summed E-state index contributed by atoms with van der Waals surface area (Å²) in [6.45, 7) is 1.25. The largest absolute Gasteiger partial charge is 0.445 e. The second-order valence-electron chi connectivity index (χ2n) is 11.8. The molecule has 0 aliphatic carbocycles. The Morgan fingerprint density at radius 1 is 0.854 bits per heavy atom. The summed E-state index contributed by atoms with van der Waals surface area (Å²) in [6, 6.07) is 19.3. The van der Waals surface area contributed by atoms with Crippen LogP contribution in [-0.2, 0) is 44.2 Å². The normalized spacial score (nSPS) is 20.8. The zero-order chi connectivity index (χ0) is 34.6. The SMILES string of the molecule is COCC1(n2cnnc2)CC[C@@](CO[C@H](C)c2cc(C(F)(F)F)cc(C(F)(F)F)c2)(c2ccccc2)N(C(=O)OCc2ccccc2)C1. The average molecular weight is 677 g/mol. The van der Waals surface area contributed by atoms with Gasteiger partial charge in [-0.1, -0.05) is 60.7 Å². The van der Waals surface area contributed by atoms with E-state index >= 15 is 0 Å². The maximum atomic E-state index is 14.2. The van der Waals surface area contributed by atoms with Crippen molar-refractivity contribution < 1.29 is 45.3 Å². The molecule has 14 heteroatoms. The van der Waals surface area contributed by atoms with E-state index in [9.17, 15) is 31.1 Å². The first-order valence-electron chi connectivity index (χ1n) is 15.1. The zero-order valence-electron chi connectivity index (χ0n) is 26.2. The van der Waals surface area contributed by atoms with Crippen LogP contribution in [0.3, 0.4) is 0 Å². The zero-order valence-corrected chi connectivity index (χ0v) is 26.2. The Morgan fingerprint density at radius 2 is 1.44 bits per heavy atom. The fourth-order valence-electron chi connectivity index (χ4n) is 6.11. The number of alkyl halides is 6. The molecule has 0 spiro atoms. The molecule has 0 saturated carbocycles. The highest BCUT2D eigenvalue weighted by molar-refractivity contribution is 5.70. The van der Waals surface area contributed by atoms with Crippen LogP contribution in [0.25, 0.3) is 0 Å². The number of likely N-dealkylation sites (tertiary alicyclic amines) is 1. The smallest absolute Gasteiger partial charge is 0.416 e. The van der Waals surface area contributed by atoms with Gasteiger partial charge in [0.05, 0.1) is 48.1 Å². The van der Waals surface area contributed by atoms with E-state index in [1.165, 1.54) is 31.6 Å². The molecular weight excluding hydrogens is 642 g/mol. The molecule has 1 saturated heterocycles. The van der Waals surface area contributed by atoms with Crippen molar-refractivity contribution in [1.29, 1.82) is 0 Å². The highest BCUT2D eigenvalue weighted by Gasteiger charge is 2.53. The third kappa shape index (κ3) is 7.49. The third-order valence-electron chi connectivity index (χ3n) is 8.74. The number of aromatic nitrogens is 3. The Morgan fingerprint density at radius 3 is 2.00 bits per heavy atom. The maximum Gasteiger partial charge on any atom is 0.416 e. The van der Waals surface area contributed by atoms with E-state index in [4.69, 9.17) is 14.2 Å². The van der Waals surface area contributed by atoms with E-state index in [1.54, 1.807) is 59.2 Å². The van der Waals surface area contributed by atoms with Crippen molar-refractivity contribution in [1.82, 2.24) is 19.7 Å². The molecule has 0 radical (unpaired) electrons. The molecule has 1 aliphatic rings. The number of methoxy groups -OCH3 is 1. The van der Waals surface area contributed by atoms with Crippen LogP contribution in [0.2, 0.25) is 0 Å². The van der Waals surface area contributed by atoms with E-state index in [2.05, 4.69) is 10.2 Å². The van der Waals surface area contributed by atoms with Gasteiger partial charge in [-0.3, -0.25) is 4.90 Å². The maximum absolute atomic E-state index is 14.2. The van der Waals surface area contributed by atoms with Gasteiger partial charge in [-0.2, -0.15) is 26.3 Å². The second kappa shape index (κ2) is 14.0. The summed E-state index contributed by atoms with van der Waals surface area (Å²) in [5.41, 5.74) is -3.90. The third-order valence-corrected chi connectivity index (χ3v) is 8.74. The number of piperidine rings is 1. The summed E-state index contributed by atoms with van der Waals surface area (Å²) >= 11 is 0. The highest BCUT2D eigenvalue weighted by Crippen LogP contribution is 2.46. The van der Waals surface area contributed by atoms with E-state index in [0.717, 1.165) is 5.56 Å². The lowest BCUT2D eigenvalue weighted by atomic mass is 9.74. The molecule has 3 atom stereocenters. The predicted molar refractivity (Wildman–Crippen MR) is 161 cm³/mol. The number of carbonyl (C=O) groups is 1. The molecule has 0 bridgehead atoms. The molecule has 1 unspecified atom stereocenters. The summed E-state index contributed by atoms with van der Waals surface area (Å²) in [6.07, 6.45) is -8.26. The molecule has 5 rings (SSSR count). The number of carbonyl (C=O) groups excluding carboxylic acids is 1. The Labute approximate surface area is 273 Å². The summed E-state index contributed by atoms with van der Waals surface area (Å²) in [5.74, 6) is 0. The van der Waals surface area contributed by atoms with Gasteiger partial charge in [-0.15, -0.1) is 10.2 Å². The van der Waals surface area contributed by atoms with E-state index < -0.39 is 46.8 Å². The summed E-state index contributed by atoms with van der Waals surface area (Å²) in [5, 5.41) is 7.89. The van der Waals surface area contributed by atoms with Gasteiger partial charge in [-0.05, 0) is 54.7 Å². The topological polar surface area (TPSA) is 78.7 Å². The number of ether oxygens (including phenoxy) is 3. The number of halogens is 6. The van der Waals surface area contributed by atoms with Crippen LogP contribution in [0, 0.1) is 0 Å². The van der Waals surface area contributed by atoms with Crippen LogP contribution in [0.1, 0.15) is 53.7 Å². The minimum absolute atomic E-state index is 0.0287. The van der Waals surface area contributed by atoms with Crippen molar-refractivity contribution in [2.24, 2.45) is 0 Å². The van der Waals surface area contributed by atoms with Gasteiger partial charge in [0.1, 0.15) is 19.3 Å². The van der Waals surface area contributed by atoms with Gasteiger partial charge in [-0.25, -0.2) is 4.79 Å². The molecule has 1 aliphatic heterocycles. The average Bonchev–Trinajstić information content (AvgIpc) is 3.63. The van der Waals surface area contributed by atoms with Gasteiger partial charge in [0.2, 0.25) is 0 Å². The molecule has 4 aromatic rings. The number of hydrogen-bond acceptors (Lipinski definition) is 6. The van der Waals surface area contributed by atoms with Crippen molar-refractivity contribution in [2.75, 3.05) is 26.9 Å². The first-order chi connectivity index (χ1) is 22.8. The van der Waals surface area contributed by atoms with Crippen molar-refractivity contribution in [3.05, 3.63) is 119 Å². The van der Waals surface area contributed by atoms with E-state index in [1.807, 2.05) is 6.07 Å². The van der Waals surface area contributed by atoms with E-state index in [-0.39, 0.29) is 44.4 Å². The Balaban J connectivity index is 1.55. The van der Waals surface area contributed by atoms with Gasteiger partial charge >= 0.3 is 18.4 Å². The van der Waals surface area contributed by atoms with Crippen LogP contribution in [0.4, 0.5) is 31.1 Å². The van der Waals surface area contributed by atoms with Gasteiger partial charge in [0.25, 0.3) is 0 Å². The quantitative estimate of drug-likeness (QED) is 0.160. The standard InChI is InChI=1S/C34H34F6N4O4/c1-24(26-15-28(33(35,36)37)17-29(16-26)34(38,39)40)48-21-32(27-11-7-4-8-12-27)14-13-31(20-46-2,43-22-41-42-23-43)19-44(32)30(45)47-18-25-9-5-3-6-10-25/h3-12,15-17,22-24H,13-14,18-21H2,1-2H3/t24-,31?,32-/m1/s1. The van der Waals surface area contributed by atoms with Crippen molar-refractivity contribution in [2.45, 2.75) is 55.9 Å². The molecule has 1 amide bonds. The summed E-state index contributed by atoms with van der Waals surface area (Å²) in [7, 11) is 1.53. The molecule has 1 aromatic heterocycles. The van der Waals surface area contributed by atoms with Crippen molar-refractivity contribution in [3.8, 4) is 0 Å². The van der Waals surface area contributed by atoms with Crippen molar-refractivity contribution in [3.63, 3.8) is 0 Å². The van der Waals surface area contributed by atoms with Gasteiger partial charge in [0, 0.05) is 7.11 Å². The molecule has 0 N–H and O–H groups in total. The Kier molecular flexibility index (Phi) is 10.2. The minimum Gasteiger partial charge on any atom is -0.445 e. The lowest BCUT2D eigenvalue weighted by Gasteiger charge is -2.53. The van der Waals surface area contributed by atoms with E-state index in [0.29, 0.717) is 24.1 Å². The molecule has 2 heterocycles. The lowest BCUT2D eigenvalue weighted by Crippen LogP contribution is -2.63. The fraction of sp³-hybridized carbons (Fsp3) is 0.382. The van der Waals surface area contributed by atoms with Crippen LogP contribution < -0.4 is 0 Å². The molecular formula is C34H34F6N4O4. The monoisotopic (exact) mass is 676 g/mol. The summed E-state index contributed by atoms with van der Waals surface area (Å²) in [4.78, 5) is 15.7. The Bertz CT molecular complexity index is 1620. The lowest BCUT2D eigenvalue weighted by molar-refractivity contribution is -0.143. The van der Waals surface area contributed by atoms with Gasteiger partial charge < -0.3 is 18.8 Å². The second-order valence-corrected chi connectivity index (χ2v) is 11.8. The van der Waals surface area contributed by atoms with Crippen LogP contribution in [0.15, 0.2) is 91.5 Å². The molecule has 1 fully saturated rings. The van der Waals surface area contributed by atoms with Crippen LogP contribution >= 0.6 is 0 Å². The number of benzene rings is 3. The predicted octanol–water partition coefficient (Wildman–Crippen LogP) is 7.76.